The van der Waals surface area contributed by atoms with Gasteiger partial charge in [-0.05, 0) is 43.3 Å². The summed E-state index contributed by atoms with van der Waals surface area (Å²) in [6.07, 6.45) is 5.31. The van der Waals surface area contributed by atoms with E-state index in [0.29, 0.717) is 5.02 Å². The van der Waals surface area contributed by atoms with E-state index in [1.54, 1.807) is 17.1 Å². The van der Waals surface area contributed by atoms with E-state index in [4.69, 9.17) is 16.0 Å². The Kier molecular flexibility index (Phi) is 3.48. The Balaban J connectivity index is 1.94. The van der Waals surface area contributed by atoms with Gasteiger partial charge in [0.1, 0.15) is 5.76 Å². The van der Waals surface area contributed by atoms with Crippen molar-refractivity contribution in [2.75, 3.05) is 5.32 Å². The van der Waals surface area contributed by atoms with Gasteiger partial charge in [0, 0.05) is 17.4 Å². The number of aromatic nitrogens is 2. The maximum atomic E-state index is 6.09. The number of nitrogens with zero attached hydrogens (tertiary/aromatic N) is 2. The molecule has 2 heterocycles. The molecular formula is C15H14ClN3O. The van der Waals surface area contributed by atoms with Gasteiger partial charge < -0.3 is 9.73 Å². The average Bonchev–Trinajstić information content (AvgIpc) is 3.12. The van der Waals surface area contributed by atoms with E-state index in [-0.39, 0.29) is 6.04 Å². The standard InChI is InChI=1S/C15H14ClN3O/c1-11(15-4-2-9-20-15)18-13-10-12(16)5-6-14(13)19-8-3-7-17-19/h2-11,18H,1H3. The number of furan rings is 1. The zero-order valence-electron chi connectivity index (χ0n) is 11.0. The second-order valence-corrected chi connectivity index (χ2v) is 4.93. The van der Waals surface area contributed by atoms with E-state index in [9.17, 15) is 0 Å². The maximum absolute atomic E-state index is 6.09. The highest BCUT2D eigenvalue weighted by atomic mass is 35.5. The molecule has 0 aliphatic carbocycles. The number of anilines is 1. The van der Waals surface area contributed by atoms with Crippen molar-refractivity contribution in [1.82, 2.24) is 9.78 Å². The highest BCUT2D eigenvalue weighted by Gasteiger charge is 2.12. The third kappa shape index (κ3) is 2.56. The van der Waals surface area contributed by atoms with E-state index >= 15 is 0 Å². The monoisotopic (exact) mass is 287 g/mol. The molecule has 0 aliphatic heterocycles. The minimum Gasteiger partial charge on any atom is -0.467 e. The molecule has 0 spiro atoms. The summed E-state index contributed by atoms with van der Waals surface area (Å²) in [7, 11) is 0. The first-order chi connectivity index (χ1) is 9.74. The summed E-state index contributed by atoms with van der Waals surface area (Å²) >= 11 is 6.09. The van der Waals surface area contributed by atoms with Gasteiger partial charge in [-0.25, -0.2) is 4.68 Å². The first-order valence-corrected chi connectivity index (χ1v) is 6.71. The van der Waals surface area contributed by atoms with E-state index in [0.717, 1.165) is 17.1 Å². The summed E-state index contributed by atoms with van der Waals surface area (Å²) in [5, 5.41) is 8.34. The molecule has 0 saturated heterocycles. The van der Waals surface area contributed by atoms with E-state index < -0.39 is 0 Å². The van der Waals surface area contributed by atoms with Gasteiger partial charge in [0.05, 0.1) is 23.7 Å². The second-order valence-electron chi connectivity index (χ2n) is 4.49. The first-order valence-electron chi connectivity index (χ1n) is 6.33. The topological polar surface area (TPSA) is 43.0 Å². The fraction of sp³-hybridized carbons (Fsp3) is 0.133. The summed E-state index contributed by atoms with van der Waals surface area (Å²) in [6.45, 7) is 2.03. The maximum Gasteiger partial charge on any atom is 0.125 e. The van der Waals surface area contributed by atoms with Crippen molar-refractivity contribution < 1.29 is 4.42 Å². The Bertz CT molecular complexity index is 677. The van der Waals surface area contributed by atoms with Crippen LogP contribution in [0.1, 0.15) is 18.7 Å². The van der Waals surface area contributed by atoms with Crippen molar-refractivity contribution >= 4 is 17.3 Å². The Morgan fingerprint density at radius 3 is 2.90 bits per heavy atom. The smallest absolute Gasteiger partial charge is 0.125 e. The Hall–Kier alpha value is -2.20. The van der Waals surface area contributed by atoms with Crippen LogP contribution < -0.4 is 5.32 Å². The molecule has 0 fully saturated rings. The Morgan fingerprint density at radius 1 is 1.30 bits per heavy atom. The van der Waals surface area contributed by atoms with Crippen molar-refractivity contribution in [2.24, 2.45) is 0 Å². The molecule has 0 saturated carbocycles. The summed E-state index contributed by atoms with van der Waals surface area (Å²) in [5.41, 5.74) is 1.85. The van der Waals surface area contributed by atoms with Gasteiger partial charge in [-0.1, -0.05) is 11.6 Å². The van der Waals surface area contributed by atoms with Gasteiger partial charge in [0.15, 0.2) is 0 Å². The SMILES string of the molecule is CC(Nc1cc(Cl)ccc1-n1cccn1)c1ccco1. The number of benzene rings is 1. The quantitative estimate of drug-likeness (QED) is 0.778. The summed E-state index contributed by atoms with van der Waals surface area (Å²) in [6, 6.07) is 11.4. The van der Waals surface area contributed by atoms with E-state index in [2.05, 4.69) is 10.4 Å². The fourth-order valence-electron chi connectivity index (χ4n) is 2.08. The van der Waals surface area contributed by atoms with Crippen LogP contribution in [0.5, 0.6) is 0 Å². The van der Waals surface area contributed by atoms with E-state index in [1.807, 2.05) is 49.5 Å². The lowest BCUT2D eigenvalue weighted by molar-refractivity contribution is 0.490. The molecule has 102 valence electrons. The highest BCUT2D eigenvalue weighted by molar-refractivity contribution is 6.31. The van der Waals surface area contributed by atoms with Crippen LogP contribution >= 0.6 is 11.6 Å². The summed E-state index contributed by atoms with van der Waals surface area (Å²) in [4.78, 5) is 0. The highest BCUT2D eigenvalue weighted by Crippen LogP contribution is 2.28. The molecule has 2 aromatic heterocycles. The van der Waals surface area contributed by atoms with Gasteiger partial charge in [0.25, 0.3) is 0 Å². The molecule has 1 N–H and O–H groups in total. The molecular weight excluding hydrogens is 274 g/mol. The molecule has 0 amide bonds. The number of hydrogen-bond acceptors (Lipinski definition) is 3. The predicted molar refractivity (Wildman–Crippen MR) is 79.3 cm³/mol. The van der Waals surface area contributed by atoms with E-state index in [1.165, 1.54) is 0 Å². The summed E-state index contributed by atoms with van der Waals surface area (Å²) < 4.78 is 7.21. The van der Waals surface area contributed by atoms with Crippen molar-refractivity contribution in [3.05, 3.63) is 65.8 Å². The lowest BCUT2D eigenvalue weighted by Crippen LogP contribution is -2.09. The molecule has 3 aromatic rings. The molecule has 0 aliphatic rings. The lowest BCUT2D eigenvalue weighted by atomic mass is 10.2. The van der Waals surface area contributed by atoms with Crippen molar-refractivity contribution in [1.29, 1.82) is 0 Å². The molecule has 0 radical (unpaired) electrons. The lowest BCUT2D eigenvalue weighted by Gasteiger charge is -2.17. The Labute approximate surface area is 122 Å². The third-order valence-electron chi connectivity index (χ3n) is 3.05. The average molecular weight is 288 g/mol. The first kappa shape index (κ1) is 12.8. The van der Waals surface area contributed by atoms with Crippen LogP contribution in [0.2, 0.25) is 5.02 Å². The number of nitrogens with one attached hydrogen (secondary N) is 1. The zero-order valence-corrected chi connectivity index (χ0v) is 11.7. The van der Waals surface area contributed by atoms with Crippen LogP contribution in [0, 0.1) is 0 Å². The largest absolute Gasteiger partial charge is 0.467 e. The molecule has 3 rings (SSSR count). The molecule has 5 heteroatoms. The molecule has 4 nitrogen and oxygen atoms in total. The third-order valence-corrected chi connectivity index (χ3v) is 3.29. The molecule has 1 aromatic carbocycles. The van der Waals surface area contributed by atoms with Crippen molar-refractivity contribution in [3.8, 4) is 5.69 Å². The van der Waals surface area contributed by atoms with Crippen LogP contribution in [0.3, 0.4) is 0 Å². The van der Waals surface area contributed by atoms with Crippen LogP contribution in [-0.4, -0.2) is 9.78 Å². The number of hydrogen-bond donors (Lipinski definition) is 1. The minimum absolute atomic E-state index is 0.0396. The molecule has 1 atom stereocenters. The van der Waals surface area contributed by atoms with Crippen LogP contribution in [-0.2, 0) is 0 Å². The van der Waals surface area contributed by atoms with Gasteiger partial charge in [-0.15, -0.1) is 0 Å². The number of rotatable bonds is 4. The molecule has 0 bridgehead atoms. The molecule has 20 heavy (non-hydrogen) atoms. The van der Waals surface area contributed by atoms with Gasteiger partial charge in [-0.3, -0.25) is 0 Å². The van der Waals surface area contributed by atoms with Gasteiger partial charge in [-0.2, -0.15) is 5.10 Å². The molecule has 1 unspecified atom stereocenters. The second kappa shape index (κ2) is 5.43. The van der Waals surface area contributed by atoms with Gasteiger partial charge >= 0.3 is 0 Å². The summed E-state index contributed by atoms with van der Waals surface area (Å²) in [5.74, 6) is 0.872. The van der Waals surface area contributed by atoms with Crippen molar-refractivity contribution in [2.45, 2.75) is 13.0 Å². The van der Waals surface area contributed by atoms with Crippen LogP contribution in [0.15, 0.2) is 59.5 Å². The van der Waals surface area contributed by atoms with Crippen molar-refractivity contribution in [3.63, 3.8) is 0 Å². The normalized spacial score (nSPS) is 12.3. The van der Waals surface area contributed by atoms with Gasteiger partial charge in [0.2, 0.25) is 0 Å². The zero-order chi connectivity index (χ0) is 13.9. The van der Waals surface area contributed by atoms with Crippen LogP contribution in [0.4, 0.5) is 5.69 Å². The predicted octanol–water partition coefficient (Wildman–Crippen LogP) is 4.29. The minimum atomic E-state index is 0.0396. The fourth-order valence-corrected chi connectivity index (χ4v) is 2.25. The number of halogens is 1. The Morgan fingerprint density at radius 2 is 2.20 bits per heavy atom. The van der Waals surface area contributed by atoms with Crippen LogP contribution in [0.25, 0.3) is 5.69 Å².